The van der Waals surface area contributed by atoms with Gasteiger partial charge in [-0.15, -0.1) is 12.3 Å². The Labute approximate surface area is 126 Å². The molecule has 1 amide bonds. The number of hydrogen-bond donors (Lipinski definition) is 0. The van der Waals surface area contributed by atoms with Crippen LogP contribution in [0.15, 0.2) is 24.3 Å². The quantitative estimate of drug-likeness (QED) is 0.796. The average Bonchev–Trinajstić information content (AvgIpc) is 2.90. The number of piperidine rings is 1. The highest BCUT2D eigenvalue weighted by Crippen LogP contribution is 2.29. The summed E-state index contributed by atoms with van der Waals surface area (Å²) in [6.07, 6.45) is 9.87. The summed E-state index contributed by atoms with van der Waals surface area (Å²) in [6, 6.07) is 8.25. The number of carbonyl (C=O) groups excluding carboxylic acids is 1. The Morgan fingerprint density at radius 1 is 1.19 bits per heavy atom. The van der Waals surface area contributed by atoms with Crippen LogP contribution in [0.1, 0.15) is 31.2 Å². The van der Waals surface area contributed by atoms with Crippen LogP contribution in [-0.2, 0) is 11.3 Å². The number of hydrogen-bond acceptors (Lipinski definition) is 2. The summed E-state index contributed by atoms with van der Waals surface area (Å²) < 4.78 is 0. The van der Waals surface area contributed by atoms with Crippen molar-refractivity contribution in [3.05, 3.63) is 29.8 Å². The van der Waals surface area contributed by atoms with Crippen molar-refractivity contribution in [2.24, 2.45) is 5.92 Å². The van der Waals surface area contributed by atoms with E-state index in [-0.39, 0.29) is 11.8 Å². The molecule has 2 fully saturated rings. The standard InChI is InChI=1S/C18H22N2O/c1-2-15-12-18(21)20(13-15)17-9-5-4-8-16(17)14-19-10-6-3-7-11-19/h1,4-5,8-9,15H,3,6-7,10-14H2. The first-order valence-electron chi connectivity index (χ1n) is 7.84. The molecule has 0 aromatic heterocycles. The monoisotopic (exact) mass is 282 g/mol. The van der Waals surface area contributed by atoms with E-state index in [1.165, 1.54) is 24.8 Å². The van der Waals surface area contributed by atoms with Gasteiger partial charge in [-0.05, 0) is 37.6 Å². The van der Waals surface area contributed by atoms with Crippen LogP contribution in [0.25, 0.3) is 0 Å². The zero-order valence-corrected chi connectivity index (χ0v) is 12.4. The summed E-state index contributed by atoms with van der Waals surface area (Å²) in [4.78, 5) is 16.6. The largest absolute Gasteiger partial charge is 0.311 e. The Morgan fingerprint density at radius 3 is 2.67 bits per heavy atom. The third kappa shape index (κ3) is 3.11. The number of para-hydroxylation sites is 1. The molecule has 2 aliphatic rings. The Bertz CT molecular complexity index is 555. The third-order valence-electron chi connectivity index (χ3n) is 4.49. The van der Waals surface area contributed by atoms with Gasteiger partial charge in [0.1, 0.15) is 0 Å². The highest BCUT2D eigenvalue weighted by molar-refractivity contribution is 5.96. The Morgan fingerprint density at radius 2 is 1.95 bits per heavy atom. The minimum atomic E-state index is 0.0561. The van der Waals surface area contributed by atoms with Gasteiger partial charge in [-0.2, -0.15) is 0 Å². The van der Waals surface area contributed by atoms with Gasteiger partial charge in [0.15, 0.2) is 0 Å². The first-order chi connectivity index (χ1) is 10.3. The Kier molecular flexibility index (Phi) is 4.26. The van der Waals surface area contributed by atoms with Gasteiger partial charge in [-0.1, -0.05) is 24.6 Å². The normalized spacial score (nSPS) is 23.3. The lowest BCUT2D eigenvalue weighted by Crippen LogP contribution is -2.31. The van der Waals surface area contributed by atoms with Crippen LogP contribution < -0.4 is 4.90 Å². The molecule has 3 heteroatoms. The molecule has 0 saturated carbocycles. The van der Waals surface area contributed by atoms with Gasteiger partial charge in [-0.3, -0.25) is 9.69 Å². The molecule has 0 radical (unpaired) electrons. The van der Waals surface area contributed by atoms with E-state index in [0.717, 1.165) is 25.3 Å². The van der Waals surface area contributed by atoms with Crippen molar-refractivity contribution in [3.8, 4) is 12.3 Å². The van der Waals surface area contributed by atoms with Crippen LogP contribution in [0, 0.1) is 18.3 Å². The van der Waals surface area contributed by atoms with Crippen molar-refractivity contribution < 1.29 is 4.79 Å². The summed E-state index contributed by atoms with van der Waals surface area (Å²) >= 11 is 0. The van der Waals surface area contributed by atoms with E-state index in [1.54, 1.807) is 0 Å². The molecule has 1 unspecified atom stereocenters. The molecular formula is C18H22N2O. The number of amides is 1. The molecule has 2 heterocycles. The summed E-state index contributed by atoms with van der Waals surface area (Å²) in [5.41, 5.74) is 2.29. The lowest BCUT2D eigenvalue weighted by atomic mass is 10.1. The molecule has 1 aromatic rings. The molecule has 110 valence electrons. The maximum absolute atomic E-state index is 12.2. The van der Waals surface area contributed by atoms with Gasteiger partial charge in [0, 0.05) is 31.1 Å². The van der Waals surface area contributed by atoms with Gasteiger partial charge in [0.25, 0.3) is 0 Å². The van der Waals surface area contributed by atoms with Crippen LogP contribution in [-0.4, -0.2) is 30.4 Å². The van der Waals surface area contributed by atoms with Gasteiger partial charge in [0.05, 0.1) is 0 Å². The highest BCUT2D eigenvalue weighted by Gasteiger charge is 2.30. The number of nitrogens with zero attached hydrogens (tertiary/aromatic N) is 2. The van der Waals surface area contributed by atoms with Crippen LogP contribution in [0.3, 0.4) is 0 Å². The zero-order valence-electron chi connectivity index (χ0n) is 12.4. The fourth-order valence-corrected chi connectivity index (χ4v) is 3.32. The molecule has 0 N–H and O–H groups in total. The molecule has 1 atom stereocenters. The predicted octanol–water partition coefficient (Wildman–Crippen LogP) is 2.66. The molecule has 3 rings (SSSR count). The third-order valence-corrected chi connectivity index (χ3v) is 4.49. The molecule has 2 aliphatic heterocycles. The van der Waals surface area contributed by atoms with Crippen molar-refractivity contribution in [1.82, 2.24) is 4.90 Å². The number of benzene rings is 1. The van der Waals surface area contributed by atoms with Crippen molar-refractivity contribution in [3.63, 3.8) is 0 Å². The fraction of sp³-hybridized carbons (Fsp3) is 0.500. The minimum Gasteiger partial charge on any atom is -0.311 e. The smallest absolute Gasteiger partial charge is 0.228 e. The number of rotatable bonds is 3. The number of terminal acetylenes is 1. The lowest BCUT2D eigenvalue weighted by molar-refractivity contribution is -0.117. The summed E-state index contributed by atoms with van der Waals surface area (Å²) in [5.74, 6) is 2.93. The molecule has 3 nitrogen and oxygen atoms in total. The Hall–Kier alpha value is -1.79. The van der Waals surface area contributed by atoms with Crippen LogP contribution in [0.2, 0.25) is 0 Å². The van der Waals surface area contributed by atoms with Crippen LogP contribution >= 0.6 is 0 Å². The molecular weight excluding hydrogens is 260 g/mol. The van der Waals surface area contributed by atoms with E-state index in [2.05, 4.69) is 29.0 Å². The van der Waals surface area contributed by atoms with Gasteiger partial charge >= 0.3 is 0 Å². The number of anilines is 1. The fourth-order valence-electron chi connectivity index (χ4n) is 3.32. The van der Waals surface area contributed by atoms with Crippen molar-refractivity contribution in [2.75, 3.05) is 24.5 Å². The topological polar surface area (TPSA) is 23.6 Å². The molecule has 0 aliphatic carbocycles. The summed E-state index contributed by atoms with van der Waals surface area (Å²) in [7, 11) is 0. The first-order valence-corrected chi connectivity index (χ1v) is 7.84. The molecule has 0 bridgehead atoms. The first kappa shape index (κ1) is 14.2. The molecule has 0 spiro atoms. The second-order valence-corrected chi connectivity index (χ2v) is 6.04. The van der Waals surface area contributed by atoms with E-state index >= 15 is 0 Å². The second-order valence-electron chi connectivity index (χ2n) is 6.04. The Balaban J connectivity index is 1.79. The van der Waals surface area contributed by atoms with Gasteiger partial charge in [-0.25, -0.2) is 0 Å². The van der Waals surface area contributed by atoms with E-state index in [1.807, 2.05) is 11.0 Å². The van der Waals surface area contributed by atoms with Gasteiger partial charge in [0.2, 0.25) is 5.91 Å². The van der Waals surface area contributed by atoms with Gasteiger partial charge < -0.3 is 4.90 Å². The molecule has 1 aromatic carbocycles. The van der Waals surface area contributed by atoms with E-state index in [0.29, 0.717) is 13.0 Å². The van der Waals surface area contributed by atoms with E-state index in [9.17, 15) is 4.79 Å². The SMILES string of the molecule is C#CC1CC(=O)N(c2ccccc2CN2CCCCC2)C1. The van der Waals surface area contributed by atoms with Crippen molar-refractivity contribution in [1.29, 1.82) is 0 Å². The van der Waals surface area contributed by atoms with Crippen LogP contribution in [0.5, 0.6) is 0 Å². The van der Waals surface area contributed by atoms with E-state index < -0.39 is 0 Å². The van der Waals surface area contributed by atoms with Crippen LogP contribution in [0.4, 0.5) is 5.69 Å². The second kappa shape index (κ2) is 6.32. The average molecular weight is 282 g/mol. The summed E-state index contributed by atoms with van der Waals surface area (Å²) in [5, 5.41) is 0. The lowest BCUT2D eigenvalue weighted by Gasteiger charge is -2.28. The molecule has 21 heavy (non-hydrogen) atoms. The number of likely N-dealkylation sites (tertiary alicyclic amines) is 1. The number of carbonyl (C=O) groups is 1. The predicted molar refractivity (Wildman–Crippen MR) is 84.9 cm³/mol. The minimum absolute atomic E-state index is 0.0561. The van der Waals surface area contributed by atoms with E-state index in [4.69, 9.17) is 6.42 Å². The van der Waals surface area contributed by atoms with Crippen molar-refractivity contribution in [2.45, 2.75) is 32.2 Å². The maximum Gasteiger partial charge on any atom is 0.228 e. The zero-order chi connectivity index (χ0) is 14.7. The highest BCUT2D eigenvalue weighted by atomic mass is 16.2. The molecule has 2 saturated heterocycles. The van der Waals surface area contributed by atoms with Crippen molar-refractivity contribution >= 4 is 11.6 Å². The maximum atomic E-state index is 12.2. The summed E-state index contributed by atoms with van der Waals surface area (Å²) in [6.45, 7) is 3.91.